The number of hydrogen-bond acceptors (Lipinski definition) is 5. The van der Waals surface area contributed by atoms with Crippen LogP contribution in [-0.4, -0.2) is 60.5 Å². The van der Waals surface area contributed by atoms with Gasteiger partial charge in [0.1, 0.15) is 5.82 Å². The van der Waals surface area contributed by atoms with Crippen molar-refractivity contribution in [3.05, 3.63) is 53.8 Å². The van der Waals surface area contributed by atoms with Gasteiger partial charge in [-0.3, -0.25) is 14.4 Å². The van der Waals surface area contributed by atoms with Crippen LogP contribution in [0, 0.1) is 17.7 Å². The van der Waals surface area contributed by atoms with Crippen molar-refractivity contribution >= 4 is 23.4 Å². The van der Waals surface area contributed by atoms with E-state index in [-0.39, 0.29) is 42.2 Å². The van der Waals surface area contributed by atoms with E-state index in [4.69, 9.17) is 9.47 Å². The number of fused-ring (bicyclic) bond motifs is 1. The van der Waals surface area contributed by atoms with Crippen LogP contribution in [-0.2, 0) is 9.59 Å². The standard InChI is InChI=1S/C26H28FN3O5/c27-20-5-3-18(4-6-20)25(32)30-11-1-2-19(15-30)26(33)29-12-9-17(10-13-29)24(31)28-21-7-8-22-23(14-21)35-16-34-22/h3-8,14,17,19H,1-2,9-13,15-16H2,(H,28,31). The van der Waals surface area contributed by atoms with E-state index in [1.165, 1.54) is 24.3 Å². The number of halogens is 1. The lowest BCUT2D eigenvalue weighted by Gasteiger charge is -2.37. The smallest absolute Gasteiger partial charge is 0.253 e. The first-order chi connectivity index (χ1) is 17.0. The van der Waals surface area contributed by atoms with Gasteiger partial charge in [0.05, 0.1) is 5.92 Å². The van der Waals surface area contributed by atoms with Crippen LogP contribution in [0.3, 0.4) is 0 Å². The van der Waals surface area contributed by atoms with Crippen LogP contribution >= 0.6 is 0 Å². The second-order valence-corrected chi connectivity index (χ2v) is 9.25. The minimum atomic E-state index is -0.388. The molecule has 0 bridgehead atoms. The number of likely N-dealkylation sites (tertiary alicyclic amines) is 2. The largest absolute Gasteiger partial charge is 0.454 e. The third-order valence-electron chi connectivity index (χ3n) is 6.97. The van der Waals surface area contributed by atoms with Crippen molar-refractivity contribution < 1.29 is 28.2 Å². The molecule has 9 heteroatoms. The van der Waals surface area contributed by atoms with Gasteiger partial charge in [-0.25, -0.2) is 4.39 Å². The maximum absolute atomic E-state index is 13.2. The van der Waals surface area contributed by atoms with Gasteiger partial charge in [-0.15, -0.1) is 0 Å². The van der Waals surface area contributed by atoms with Gasteiger partial charge in [0, 0.05) is 49.4 Å². The quantitative estimate of drug-likeness (QED) is 0.724. The number of carbonyl (C=O) groups excluding carboxylic acids is 3. The predicted octanol–water partition coefficient (Wildman–Crippen LogP) is 3.28. The van der Waals surface area contributed by atoms with Crippen LogP contribution in [0.5, 0.6) is 11.5 Å². The van der Waals surface area contributed by atoms with E-state index in [2.05, 4.69) is 5.32 Å². The van der Waals surface area contributed by atoms with Crippen molar-refractivity contribution in [2.75, 3.05) is 38.3 Å². The normalized spacial score (nSPS) is 20.0. The SMILES string of the molecule is O=C(Nc1ccc2c(c1)OCO2)C1CCN(C(=O)C2CCCN(C(=O)c3ccc(F)cc3)C2)CC1. The Morgan fingerprint density at radius 3 is 2.37 bits per heavy atom. The third-order valence-corrected chi connectivity index (χ3v) is 6.97. The van der Waals surface area contributed by atoms with Gasteiger partial charge in [0.25, 0.3) is 5.91 Å². The number of carbonyl (C=O) groups is 3. The Morgan fingerprint density at radius 2 is 1.60 bits per heavy atom. The Morgan fingerprint density at radius 1 is 0.857 bits per heavy atom. The van der Waals surface area contributed by atoms with Crippen LogP contribution in [0.2, 0.25) is 0 Å². The molecule has 2 aromatic rings. The Labute approximate surface area is 203 Å². The number of rotatable bonds is 4. The monoisotopic (exact) mass is 481 g/mol. The van der Waals surface area contributed by atoms with Gasteiger partial charge in [0.2, 0.25) is 18.6 Å². The third kappa shape index (κ3) is 5.08. The summed E-state index contributed by atoms with van der Waals surface area (Å²) in [5.41, 5.74) is 1.08. The average molecular weight is 482 g/mol. The molecular formula is C26H28FN3O5. The van der Waals surface area contributed by atoms with E-state index in [0.29, 0.717) is 61.8 Å². The average Bonchev–Trinajstić information content (AvgIpc) is 3.36. The first-order valence-corrected chi connectivity index (χ1v) is 12.0. The fraction of sp³-hybridized carbons (Fsp3) is 0.423. The Bertz CT molecular complexity index is 1110. The van der Waals surface area contributed by atoms with Crippen LogP contribution in [0.25, 0.3) is 0 Å². The summed E-state index contributed by atoms with van der Waals surface area (Å²) >= 11 is 0. The summed E-state index contributed by atoms with van der Waals surface area (Å²) in [6.07, 6.45) is 2.66. The number of amides is 3. The van der Waals surface area contributed by atoms with Crippen molar-refractivity contribution in [1.82, 2.24) is 9.80 Å². The van der Waals surface area contributed by atoms with E-state index >= 15 is 0 Å². The lowest BCUT2D eigenvalue weighted by atomic mass is 9.92. The summed E-state index contributed by atoms with van der Waals surface area (Å²) in [6.45, 7) is 2.15. The minimum absolute atomic E-state index is 0.0382. The van der Waals surface area contributed by atoms with Crippen molar-refractivity contribution in [2.24, 2.45) is 11.8 Å². The zero-order chi connectivity index (χ0) is 24.4. The molecular weight excluding hydrogens is 453 g/mol. The van der Waals surface area contributed by atoms with Crippen molar-refractivity contribution in [2.45, 2.75) is 25.7 Å². The van der Waals surface area contributed by atoms with Crippen LogP contribution < -0.4 is 14.8 Å². The molecule has 2 aromatic carbocycles. The molecule has 0 saturated carbocycles. The number of piperidine rings is 2. The van der Waals surface area contributed by atoms with Gasteiger partial charge >= 0.3 is 0 Å². The summed E-state index contributed by atoms with van der Waals surface area (Å²) < 4.78 is 23.8. The number of nitrogens with one attached hydrogen (secondary N) is 1. The topological polar surface area (TPSA) is 88.2 Å². The summed E-state index contributed by atoms with van der Waals surface area (Å²) in [4.78, 5) is 42.3. The highest BCUT2D eigenvalue weighted by Crippen LogP contribution is 2.34. The van der Waals surface area contributed by atoms with Gasteiger partial charge in [-0.1, -0.05) is 0 Å². The molecule has 1 unspecified atom stereocenters. The second-order valence-electron chi connectivity index (χ2n) is 9.25. The molecule has 35 heavy (non-hydrogen) atoms. The van der Waals surface area contributed by atoms with E-state index in [9.17, 15) is 18.8 Å². The van der Waals surface area contributed by atoms with Gasteiger partial charge in [-0.2, -0.15) is 0 Å². The molecule has 184 valence electrons. The van der Waals surface area contributed by atoms with Crippen molar-refractivity contribution in [3.8, 4) is 11.5 Å². The summed E-state index contributed by atoms with van der Waals surface area (Å²) in [7, 11) is 0. The maximum atomic E-state index is 13.2. The maximum Gasteiger partial charge on any atom is 0.253 e. The highest BCUT2D eigenvalue weighted by atomic mass is 19.1. The van der Waals surface area contributed by atoms with Crippen molar-refractivity contribution in [3.63, 3.8) is 0 Å². The molecule has 3 heterocycles. The molecule has 0 spiro atoms. The molecule has 0 aromatic heterocycles. The number of anilines is 1. The zero-order valence-electron chi connectivity index (χ0n) is 19.4. The molecule has 3 amide bonds. The molecule has 0 radical (unpaired) electrons. The van der Waals surface area contributed by atoms with Gasteiger partial charge < -0.3 is 24.6 Å². The van der Waals surface area contributed by atoms with Crippen LogP contribution in [0.4, 0.5) is 10.1 Å². The van der Waals surface area contributed by atoms with E-state index in [1.54, 1.807) is 23.1 Å². The lowest BCUT2D eigenvalue weighted by molar-refractivity contribution is -0.139. The second kappa shape index (κ2) is 9.93. The Kier molecular flexibility index (Phi) is 6.57. The molecule has 3 aliphatic rings. The summed E-state index contributed by atoms with van der Waals surface area (Å²) in [5, 5.41) is 2.94. The van der Waals surface area contributed by atoms with Crippen molar-refractivity contribution in [1.29, 1.82) is 0 Å². The highest BCUT2D eigenvalue weighted by Gasteiger charge is 2.34. The lowest BCUT2D eigenvalue weighted by Crippen LogP contribution is -2.49. The molecule has 2 fully saturated rings. The molecule has 8 nitrogen and oxygen atoms in total. The Balaban J connectivity index is 1.12. The van der Waals surface area contributed by atoms with Gasteiger partial charge in [-0.05, 0) is 62.1 Å². The first-order valence-electron chi connectivity index (χ1n) is 12.0. The first kappa shape index (κ1) is 23.1. The molecule has 1 atom stereocenters. The molecule has 0 aliphatic carbocycles. The highest BCUT2D eigenvalue weighted by molar-refractivity contribution is 5.95. The molecule has 1 N–H and O–H groups in total. The van der Waals surface area contributed by atoms with Crippen LogP contribution in [0.15, 0.2) is 42.5 Å². The van der Waals surface area contributed by atoms with Crippen LogP contribution in [0.1, 0.15) is 36.0 Å². The molecule has 3 aliphatic heterocycles. The predicted molar refractivity (Wildman–Crippen MR) is 126 cm³/mol. The fourth-order valence-corrected chi connectivity index (χ4v) is 4.98. The number of ether oxygens (including phenoxy) is 2. The van der Waals surface area contributed by atoms with E-state index in [1.807, 2.05) is 4.90 Å². The van der Waals surface area contributed by atoms with Gasteiger partial charge in [0.15, 0.2) is 11.5 Å². The number of benzene rings is 2. The van der Waals surface area contributed by atoms with E-state index in [0.717, 1.165) is 12.8 Å². The summed E-state index contributed by atoms with van der Waals surface area (Å²) in [6, 6.07) is 10.8. The summed E-state index contributed by atoms with van der Waals surface area (Å²) in [5.74, 6) is 0.251. The van der Waals surface area contributed by atoms with E-state index < -0.39 is 0 Å². The zero-order valence-corrected chi connectivity index (χ0v) is 19.4. The Hall–Kier alpha value is -3.62. The fourth-order valence-electron chi connectivity index (χ4n) is 4.98. The molecule has 5 rings (SSSR count). The number of hydrogen-bond donors (Lipinski definition) is 1. The number of nitrogens with zero attached hydrogens (tertiary/aromatic N) is 2. The molecule has 2 saturated heterocycles. The minimum Gasteiger partial charge on any atom is -0.454 e.